The maximum absolute atomic E-state index is 6.66. The zero-order valence-corrected chi connectivity index (χ0v) is 23.1. The van der Waals surface area contributed by atoms with Gasteiger partial charge in [0.15, 0.2) is 0 Å². The van der Waals surface area contributed by atoms with Crippen LogP contribution in [-0.4, -0.2) is 6.71 Å². The van der Waals surface area contributed by atoms with E-state index in [4.69, 9.17) is 13.9 Å². The molecule has 0 saturated heterocycles. The van der Waals surface area contributed by atoms with Gasteiger partial charge in [-0.2, -0.15) is 0 Å². The summed E-state index contributed by atoms with van der Waals surface area (Å²) >= 11 is 0. The first-order valence-electron chi connectivity index (χ1n) is 14.5. The fourth-order valence-corrected chi connectivity index (χ4v) is 6.61. The van der Waals surface area contributed by atoms with Gasteiger partial charge in [0.2, 0.25) is 0 Å². The molecule has 0 fully saturated rings. The van der Waals surface area contributed by atoms with E-state index < -0.39 is 0 Å². The van der Waals surface area contributed by atoms with Crippen molar-refractivity contribution in [1.29, 1.82) is 0 Å². The Labute approximate surface area is 249 Å². The zero-order valence-electron chi connectivity index (χ0n) is 23.1. The number of anilines is 3. The molecule has 0 unspecified atom stereocenters. The predicted octanol–water partition coefficient (Wildman–Crippen LogP) is 8.30. The highest BCUT2D eigenvalue weighted by molar-refractivity contribution is 6.98. The summed E-state index contributed by atoms with van der Waals surface area (Å²) in [6.07, 6.45) is 1.76. The van der Waals surface area contributed by atoms with Crippen LogP contribution in [0.25, 0.3) is 22.1 Å². The van der Waals surface area contributed by atoms with Crippen molar-refractivity contribution in [1.82, 2.24) is 0 Å². The molecule has 0 amide bonds. The number of hydrogen-bond donors (Lipinski definition) is 0. The van der Waals surface area contributed by atoms with Crippen LogP contribution in [0.15, 0.2) is 150 Å². The van der Waals surface area contributed by atoms with E-state index in [0.717, 1.165) is 78.5 Å². The Morgan fingerprint density at radius 3 is 1.79 bits per heavy atom. The van der Waals surface area contributed by atoms with E-state index in [1.54, 1.807) is 6.26 Å². The third-order valence-corrected chi connectivity index (χ3v) is 8.47. The molecule has 4 nitrogen and oxygen atoms in total. The minimum atomic E-state index is 0.0244. The molecule has 3 heterocycles. The Hall–Kier alpha value is -5.68. The van der Waals surface area contributed by atoms with E-state index in [1.165, 1.54) is 0 Å². The van der Waals surface area contributed by atoms with E-state index in [0.29, 0.717) is 0 Å². The SMILES string of the molecule is c1ccc(-c2ccc3occc3c2N(c2ccccc2)c2cc3c4c(c2)Oc2ccccc2B4c2ccccc2O3)cc1. The molecule has 1 aromatic heterocycles. The van der Waals surface area contributed by atoms with Crippen molar-refractivity contribution in [2.45, 2.75) is 0 Å². The summed E-state index contributed by atoms with van der Waals surface area (Å²) in [6, 6.07) is 48.1. The van der Waals surface area contributed by atoms with Gasteiger partial charge in [0, 0.05) is 34.2 Å². The molecule has 2 aliphatic rings. The van der Waals surface area contributed by atoms with Crippen molar-refractivity contribution < 1.29 is 13.9 Å². The first-order chi connectivity index (χ1) is 21.3. The van der Waals surface area contributed by atoms with Crippen molar-refractivity contribution in [3.63, 3.8) is 0 Å². The van der Waals surface area contributed by atoms with Gasteiger partial charge in [-0.3, -0.25) is 0 Å². The Bertz CT molecular complexity index is 2090. The van der Waals surface area contributed by atoms with Gasteiger partial charge in [0.05, 0.1) is 17.6 Å². The van der Waals surface area contributed by atoms with Crippen LogP contribution in [0.2, 0.25) is 0 Å². The van der Waals surface area contributed by atoms with E-state index in [1.807, 2.05) is 36.4 Å². The molecular formula is C38H24BNO3. The Balaban J connectivity index is 1.33. The Morgan fingerprint density at radius 2 is 1.12 bits per heavy atom. The van der Waals surface area contributed by atoms with Crippen molar-refractivity contribution in [3.05, 3.63) is 146 Å². The molecule has 9 rings (SSSR count). The third-order valence-electron chi connectivity index (χ3n) is 8.47. The maximum Gasteiger partial charge on any atom is 0.260 e. The second-order valence-electron chi connectivity index (χ2n) is 10.9. The molecule has 0 bridgehead atoms. The molecule has 7 aromatic rings. The summed E-state index contributed by atoms with van der Waals surface area (Å²) in [7, 11) is 0. The van der Waals surface area contributed by atoms with Crippen LogP contribution in [0.1, 0.15) is 0 Å². The highest BCUT2D eigenvalue weighted by atomic mass is 16.5. The molecule has 0 radical (unpaired) electrons. The molecule has 0 saturated carbocycles. The number of furan rings is 1. The number of hydrogen-bond acceptors (Lipinski definition) is 4. The van der Waals surface area contributed by atoms with Crippen molar-refractivity contribution in [3.8, 4) is 34.1 Å². The standard InChI is InChI=1S/C38H24BNO3/c1-3-11-25(12-4-1)28-19-20-32-29(21-22-41-32)38(28)40(26-13-5-2-6-14-26)27-23-35-37-36(24-27)43-34-18-10-8-16-31(34)39(37)30-15-7-9-17-33(30)42-35/h1-24H. The highest BCUT2D eigenvalue weighted by Gasteiger charge is 2.40. The third kappa shape index (κ3) is 3.72. The summed E-state index contributed by atoms with van der Waals surface area (Å²) in [5.41, 5.74) is 9.37. The largest absolute Gasteiger partial charge is 0.464 e. The second kappa shape index (κ2) is 9.43. The molecule has 0 aliphatic carbocycles. The number of fused-ring (bicyclic) bond motifs is 5. The fourth-order valence-electron chi connectivity index (χ4n) is 6.61. The molecule has 0 spiro atoms. The van der Waals surface area contributed by atoms with Gasteiger partial charge in [0.25, 0.3) is 6.71 Å². The van der Waals surface area contributed by atoms with Crippen LogP contribution < -0.4 is 30.8 Å². The van der Waals surface area contributed by atoms with Gasteiger partial charge in [-0.1, -0.05) is 84.9 Å². The average Bonchev–Trinajstić information content (AvgIpc) is 3.55. The Kier molecular flexibility index (Phi) is 5.26. The summed E-state index contributed by atoms with van der Waals surface area (Å²) in [5.74, 6) is 3.33. The van der Waals surface area contributed by atoms with E-state index in [2.05, 4.69) is 108 Å². The van der Waals surface area contributed by atoms with Gasteiger partial charge in [-0.25, -0.2) is 0 Å². The Morgan fingerprint density at radius 1 is 0.512 bits per heavy atom. The van der Waals surface area contributed by atoms with Crippen LogP contribution in [0.5, 0.6) is 23.0 Å². The lowest BCUT2D eigenvalue weighted by molar-refractivity contribution is 0.465. The maximum atomic E-state index is 6.66. The molecule has 0 N–H and O–H groups in total. The van der Waals surface area contributed by atoms with Crippen LogP contribution in [0.3, 0.4) is 0 Å². The lowest BCUT2D eigenvalue weighted by Gasteiger charge is -2.35. The van der Waals surface area contributed by atoms with Gasteiger partial charge in [-0.15, -0.1) is 0 Å². The van der Waals surface area contributed by atoms with Crippen LogP contribution in [0.4, 0.5) is 17.1 Å². The minimum Gasteiger partial charge on any atom is -0.464 e. The smallest absolute Gasteiger partial charge is 0.260 e. The van der Waals surface area contributed by atoms with Gasteiger partial charge >= 0.3 is 0 Å². The quantitative estimate of drug-likeness (QED) is 0.206. The molecule has 2 aliphatic heterocycles. The van der Waals surface area contributed by atoms with Gasteiger partial charge in [-0.05, 0) is 59.0 Å². The first-order valence-corrected chi connectivity index (χ1v) is 14.5. The number of ether oxygens (including phenoxy) is 2. The lowest BCUT2D eigenvalue weighted by atomic mass is 9.35. The molecule has 43 heavy (non-hydrogen) atoms. The number of para-hydroxylation sites is 3. The molecule has 0 atom stereocenters. The second-order valence-corrected chi connectivity index (χ2v) is 10.9. The van der Waals surface area contributed by atoms with Crippen molar-refractivity contribution in [2.75, 3.05) is 4.90 Å². The number of benzene rings is 6. The van der Waals surface area contributed by atoms with Crippen molar-refractivity contribution >= 4 is 51.1 Å². The van der Waals surface area contributed by atoms with E-state index in [-0.39, 0.29) is 6.71 Å². The van der Waals surface area contributed by atoms with E-state index >= 15 is 0 Å². The van der Waals surface area contributed by atoms with Crippen LogP contribution in [0, 0.1) is 0 Å². The zero-order chi connectivity index (χ0) is 28.3. The van der Waals surface area contributed by atoms with Gasteiger partial charge in [0.1, 0.15) is 28.6 Å². The molecule has 5 heteroatoms. The highest BCUT2D eigenvalue weighted by Crippen LogP contribution is 2.48. The molecule has 202 valence electrons. The monoisotopic (exact) mass is 553 g/mol. The van der Waals surface area contributed by atoms with E-state index in [9.17, 15) is 0 Å². The fraction of sp³-hybridized carbons (Fsp3) is 0. The minimum absolute atomic E-state index is 0.0244. The van der Waals surface area contributed by atoms with Crippen LogP contribution >= 0.6 is 0 Å². The normalized spacial score (nSPS) is 12.5. The lowest BCUT2D eigenvalue weighted by Crippen LogP contribution is -2.57. The summed E-state index contributed by atoms with van der Waals surface area (Å²) < 4.78 is 19.3. The predicted molar refractivity (Wildman–Crippen MR) is 174 cm³/mol. The number of nitrogens with zero attached hydrogens (tertiary/aromatic N) is 1. The summed E-state index contributed by atoms with van der Waals surface area (Å²) in [5, 5.41) is 1.02. The topological polar surface area (TPSA) is 34.8 Å². The summed E-state index contributed by atoms with van der Waals surface area (Å²) in [4.78, 5) is 2.29. The number of rotatable bonds is 4. The summed E-state index contributed by atoms with van der Waals surface area (Å²) in [6.45, 7) is 0.0244. The van der Waals surface area contributed by atoms with Crippen LogP contribution in [-0.2, 0) is 0 Å². The molecular weight excluding hydrogens is 529 g/mol. The first kappa shape index (κ1) is 24.0. The van der Waals surface area contributed by atoms with Crippen molar-refractivity contribution in [2.24, 2.45) is 0 Å². The van der Waals surface area contributed by atoms with Gasteiger partial charge < -0.3 is 18.8 Å². The molecule has 6 aromatic carbocycles. The average molecular weight is 553 g/mol.